The van der Waals surface area contributed by atoms with Crippen molar-refractivity contribution in [3.63, 3.8) is 0 Å². The van der Waals surface area contributed by atoms with Crippen LogP contribution in [0.2, 0.25) is 0 Å². The number of esters is 1. The fourth-order valence-electron chi connectivity index (χ4n) is 6.24. The number of ether oxygens (including phenoxy) is 2. The number of benzene rings is 3. The molecule has 188 valence electrons. The van der Waals surface area contributed by atoms with Gasteiger partial charge >= 0.3 is 5.97 Å². The largest absolute Gasteiger partial charge is 0.497 e. The summed E-state index contributed by atoms with van der Waals surface area (Å²) in [6, 6.07) is 21.9. The van der Waals surface area contributed by atoms with Gasteiger partial charge in [0.15, 0.2) is 0 Å². The van der Waals surface area contributed by atoms with E-state index in [-0.39, 0.29) is 28.0 Å². The third-order valence-corrected chi connectivity index (χ3v) is 7.41. The highest BCUT2D eigenvalue weighted by Gasteiger charge is 2.56. The van der Waals surface area contributed by atoms with Gasteiger partial charge in [0.05, 0.1) is 12.7 Å². The molecule has 3 aromatic carbocycles. The molecule has 1 spiro atoms. The van der Waals surface area contributed by atoms with Crippen LogP contribution in [-0.4, -0.2) is 18.9 Å². The molecule has 3 aromatic rings. The molecule has 0 radical (unpaired) electrons. The molecule has 0 fully saturated rings. The molecule has 0 aromatic heterocycles. The maximum absolute atomic E-state index is 12.7. The van der Waals surface area contributed by atoms with Crippen LogP contribution in [-0.2, 0) is 21.0 Å². The van der Waals surface area contributed by atoms with Gasteiger partial charge in [0, 0.05) is 5.41 Å². The number of methoxy groups -OCH3 is 1. The van der Waals surface area contributed by atoms with Crippen LogP contribution in [0.15, 0.2) is 66.7 Å². The van der Waals surface area contributed by atoms with Gasteiger partial charge in [0.1, 0.15) is 17.3 Å². The monoisotopic (exact) mass is 484 g/mol. The molecule has 2 aliphatic carbocycles. The van der Waals surface area contributed by atoms with Gasteiger partial charge in [-0.15, -0.1) is 0 Å². The van der Waals surface area contributed by atoms with E-state index < -0.39 is 0 Å². The Morgan fingerprint density at radius 2 is 1.17 bits per heavy atom. The molecule has 0 amide bonds. The molecular weight excluding hydrogens is 448 g/mol. The van der Waals surface area contributed by atoms with Crippen molar-refractivity contribution < 1.29 is 19.1 Å². The summed E-state index contributed by atoms with van der Waals surface area (Å²) in [6.07, 6.45) is 2.05. The van der Waals surface area contributed by atoms with E-state index in [1.807, 2.05) is 24.3 Å². The Morgan fingerprint density at radius 3 is 1.67 bits per heavy atom. The van der Waals surface area contributed by atoms with E-state index in [4.69, 9.17) is 9.47 Å². The minimum absolute atomic E-state index is 0.0259. The van der Waals surface area contributed by atoms with Gasteiger partial charge in [0.2, 0.25) is 0 Å². The molecule has 5 rings (SSSR count). The number of Topliss-reactive ketones (excluding diaryl/α,β-unsaturated/α-hetero) is 1. The van der Waals surface area contributed by atoms with Gasteiger partial charge in [-0.3, -0.25) is 0 Å². The molecule has 0 saturated carbocycles. The molecule has 36 heavy (non-hydrogen) atoms. The number of hydrogen-bond donors (Lipinski definition) is 0. The zero-order valence-electron chi connectivity index (χ0n) is 22.4. The topological polar surface area (TPSA) is 52.6 Å². The molecule has 0 N–H and O–H groups in total. The van der Waals surface area contributed by atoms with E-state index in [1.165, 1.54) is 36.1 Å². The maximum Gasteiger partial charge on any atom is 0.343 e. The highest BCUT2D eigenvalue weighted by molar-refractivity contribution is 5.91. The van der Waals surface area contributed by atoms with Crippen molar-refractivity contribution in [2.24, 2.45) is 0 Å². The molecular formula is C32H36O4. The van der Waals surface area contributed by atoms with E-state index in [2.05, 4.69) is 58.0 Å². The van der Waals surface area contributed by atoms with Crippen molar-refractivity contribution >= 4 is 11.8 Å². The van der Waals surface area contributed by atoms with Crippen LogP contribution < -0.4 is 9.47 Å². The predicted molar refractivity (Wildman–Crippen MR) is 143 cm³/mol. The summed E-state index contributed by atoms with van der Waals surface area (Å²) < 4.78 is 11.4. The van der Waals surface area contributed by atoms with Crippen molar-refractivity contribution in [2.75, 3.05) is 7.11 Å². The Kier molecular flexibility index (Phi) is 6.59. The second-order valence-corrected chi connectivity index (χ2v) is 11.5. The summed E-state index contributed by atoms with van der Waals surface area (Å²) in [4.78, 5) is 22.1. The fraction of sp³-hybridized carbons (Fsp3) is 0.375. The first-order valence-electron chi connectivity index (χ1n) is 12.5. The van der Waals surface area contributed by atoms with Gasteiger partial charge in [-0.2, -0.15) is 0 Å². The minimum Gasteiger partial charge on any atom is -0.497 e. The summed E-state index contributed by atoms with van der Waals surface area (Å²) in [5.41, 5.74) is 5.86. The number of ketones is 1. The van der Waals surface area contributed by atoms with Crippen LogP contribution in [0.25, 0.3) is 0 Å². The number of carbonyl (C=O) groups is 2. The van der Waals surface area contributed by atoms with Crippen molar-refractivity contribution in [3.05, 3.63) is 94.5 Å². The van der Waals surface area contributed by atoms with Crippen LogP contribution in [0.5, 0.6) is 11.5 Å². The van der Waals surface area contributed by atoms with E-state index in [9.17, 15) is 9.59 Å². The van der Waals surface area contributed by atoms with Crippen molar-refractivity contribution in [2.45, 2.75) is 70.6 Å². The van der Waals surface area contributed by atoms with Gasteiger partial charge in [-0.1, -0.05) is 58.0 Å². The van der Waals surface area contributed by atoms with Crippen molar-refractivity contribution in [1.29, 1.82) is 0 Å². The lowest BCUT2D eigenvalue weighted by molar-refractivity contribution is -0.115. The second-order valence-electron chi connectivity index (χ2n) is 11.5. The highest BCUT2D eigenvalue weighted by atomic mass is 16.5. The van der Waals surface area contributed by atoms with Crippen LogP contribution in [0.1, 0.15) is 87.0 Å². The number of fused-ring (bicyclic) bond motifs is 4. The molecule has 1 unspecified atom stereocenters. The van der Waals surface area contributed by atoms with Gasteiger partial charge < -0.3 is 14.3 Å². The first-order chi connectivity index (χ1) is 16.9. The van der Waals surface area contributed by atoms with Crippen LogP contribution >= 0.6 is 0 Å². The fourth-order valence-corrected chi connectivity index (χ4v) is 6.24. The number of hydrogen-bond acceptors (Lipinski definition) is 4. The van der Waals surface area contributed by atoms with Crippen LogP contribution in [0.4, 0.5) is 0 Å². The summed E-state index contributed by atoms with van der Waals surface area (Å²) >= 11 is 0. The minimum atomic E-state index is -0.328. The third-order valence-electron chi connectivity index (χ3n) is 7.41. The summed E-state index contributed by atoms with van der Waals surface area (Å²) in [5, 5.41) is 0. The Hall–Kier alpha value is -3.40. The van der Waals surface area contributed by atoms with Crippen LogP contribution in [0, 0.1) is 0 Å². The van der Waals surface area contributed by atoms with Crippen molar-refractivity contribution in [1.82, 2.24) is 0 Å². The molecule has 4 heteroatoms. The van der Waals surface area contributed by atoms with E-state index in [1.54, 1.807) is 19.2 Å². The number of rotatable bonds is 3. The lowest BCUT2D eigenvalue weighted by Crippen LogP contribution is -2.27. The zero-order chi connectivity index (χ0) is 26.3. The first-order valence-corrected chi connectivity index (χ1v) is 12.5. The van der Waals surface area contributed by atoms with E-state index >= 15 is 0 Å². The summed E-state index contributed by atoms with van der Waals surface area (Å²) in [6.45, 7) is 12.4. The standard InChI is InChI=1S/C29H30O3.C3H6O/c1-27(2)17-29(24-15-20(31-5)11-13-22(24)27)18-28(3,4)23-14-12-21(16-25(23)29)32-26(30)19-9-7-6-8-10-19;1-3(2)4/h6-16H,17-18H2,1-5H3;1-2H3. The van der Waals surface area contributed by atoms with Crippen LogP contribution in [0.3, 0.4) is 0 Å². The van der Waals surface area contributed by atoms with Gasteiger partial charge in [0.25, 0.3) is 0 Å². The summed E-state index contributed by atoms with van der Waals surface area (Å²) in [5.74, 6) is 1.33. The predicted octanol–water partition coefficient (Wildman–Crippen LogP) is 7.16. The average Bonchev–Trinajstić information content (AvgIpc) is 3.18. The average molecular weight is 485 g/mol. The first kappa shape index (κ1) is 25.7. The molecule has 0 aliphatic heterocycles. The van der Waals surface area contributed by atoms with E-state index in [0.717, 1.165) is 18.6 Å². The molecule has 2 aliphatic rings. The SMILES string of the molecule is CC(C)=O.COc1ccc2c(c1)C1(CC2(C)C)CC(C)(C)c2ccc(OC(=O)c3ccccc3)cc21. The third kappa shape index (κ3) is 4.57. The lowest BCUT2D eigenvalue weighted by atomic mass is 9.72. The smallest absolute Gasteiger partial charge is 0.343 e. The Morgan fingerprint density at radius 1 is 0.694 bits per heavy atom. The maximum atomic E-state index is 12.7. The normalized spacial score (nSPS) is 20.1. The quantitative estimate of drug-likeness (QED) is 0.292. The summed E-state index contributed by atoms with van der Waals surface area (Å²) in [7, 11) is 1.72. The lowest BCUT2D eigenvalue weighted by Gasteiger charge is -2.30. The van der Waals surface area contributed by atoms with Gasteiger partial charge in [-0.25, -0.2) is 4.79 Å². The molecule has 0 heterocycles. The molecule has 1 atom stereocenters. The zero-order valence-corrected chi connectivity index (χ0v) is 22.4. The number of carbonyl (C=O) groups excluding carboxylic acids is 2. The Balaban J connectivity index is 0.000000709. The van der Waals surface area contributed by atoms with E-state index in [0.29, 0.717) is 11.3 Å². The second kappa shape index (κ2) is 9.24. The molecule has 4 nitrogen and oxygen atoms in total. The highest BCUT2D eigenvalue weighted by Crippen LogP contribution is 2.63. The van der Waals surface area contributed by atoms with Gasteiger partial charge in [-0.05, 0) is 96.2 Å². The van der Waals surface area contributed by atoms with Crippen molar-refractivity contribution in [3.8, 4) is 11.5 Å². The molecule has 0 bridgehead atoms. The Labute approximate surface area is 214 Å². The Bertz CT molecular complexity index is 1290. The molecule has 0 saturated heterocycles.